The van der Waals surface area contributed by atoms with Crippen molar-refractivity contribution in [2.24, 2.45) is 0 Å². The fraction of sp³-hybridized carbons (Fsp3) is 0.389. The van der Waals surface area contributed by atoms with Gasteiger partial charge in [0.25, 0.3) is 0 Å². The van der Waals surface area contributed by atoms with Gasteiger partial charge in [0.15, 0.2) is 5.65 Å². The molecule has 3 aromatic rings. The molecule has 0 unspecified atom stereocenters. The zero-order valence-corrected chi connectivity index (χ0v) is 13.6. The van der Waals surface area contributed by atoms with Crippen LogP contribution < -0.4 is 5.32 Å². The Labute approximate surface area is 135 Å². The lowest BCUT2D eigenvalue weighted by Gasteiger charge is -2.13. The minimum absolute atomic E-state index is 0.526. The predicted octanol–water partition coefficient (Wildman–Crippen LogP) is 3.79. The summed E-state index contributed by atoms with van der Waals surface area (Å²) in [6, 6.07) is 6.88. The van der Waals surface area contributed by atoms with Crippen LogP contribution in [0.25, 0.3) is 16.7 Å². The van der Waals surface area contributed by atoms with E-state index in [1.807, 2.05) is 10.9 Å². The molecule has 5 nitrogen and oxygen atoms in total. The highest BCUT2D eigenvalue weighted by molar-refractivity contribution is 5.87. The van der Waals surface area contributed by atoms with Gasteiger partial charge in [-0.1, -0.05) is 18.9 Å². The van der Waals surface area contributed by atoms with E-state index in [9.17, 15) is 0 Å². The molecular weight excluding hydrogens is 286 g/mol. The molecular formula is C18H21N5. The average Bonchev–Trinajstić information content (AvgIpc) is 3.20. The second-order valence-corrected chi connectivity index (χ2v) is 6.41. The van der Waals surface area contributed by atoms with Crippen molar-refractivity contribution in [2.75, 3.05) is 5.32 Å². The molecule has 23 heavy (non-hydrogen) atoms. The number of rotatable bonds is 3. The summed E-state index contributed by atoms with van der Waals surface area (Å²) in [5.74, 6) is 0.900. The smallest absolute Gasteiger partial charge is 0.168 e. The van der Waals surface area contributed by atoms with E-state index in [-0.39, 0.29) is 0 Å². The lowest BCUT2D eigenvalue weighted by atomic mass is 10.1. The van der Waals surface area contributed by atoms with Crippen molar-refractivity contribution in [2.45, 2.75) is 45.6 Å². The number of aromatic nitrogens is 4. The van der Waals surface area contributed by atoms with Crippen LogP contribution in [0.1, 0.15) is 36.8 Å². The zero-order valence-electron chi connectivity index (χ0n) is 13.6. The molecule has 1 aliphatic carbocycles. The van der Waals surface area contributed by atoms with Crippen LogP contribution in [-0.2, 0) is 0 Å². The summed E-state index contributed by atoms with van der Waals surface area (Å²) in [5.41, 5.74) is 4.42. The molecule has 0 radical (unpaired) electrons. The fourth-order valence-corrected chi connectivity index (χ4v) is 3.27. The number of aryl methyl sites for hydroxylation is 2. The Morgan fingerprint density at radius 3 is 2.70 bits per heavy atom. The maximum Gasteiger partial charge on any atom is 0.168 e. The van der Waals surface area contributed by atoms with Crippen LogP contribution in [0.3, 0.4) is 0 Å². The van der Waals surface area contributed by atoms with Crippen LogP contribution in [0.15, 0.2) is 30.7 Å². The van der Waals surface area contributed by atoms with E-state index in [4.69, 9.17) is 0 Å². The predicted molar refractivity (Wildman–Crippen MR) is 92.0 cm³/mol. The summed E-state index contributed by atoms with van der Waals surface area (Å²) < 4.78 is 1.89. The van der Waals surface area contributed by atoms with Gasteiger partial charge in [0.1, 0.15) is 12.1 Å². The lowest BCUT2D eigenvalue weighted by Crippen LogP contribution is -2.15. The molecule has 1 aromatic carbocycles. The minimum Gasteiger partial charge on any atom is -0.367 e. The van der Waals surface area contributed by atoms with Crippen molar-refractivity contribution in [3.05, 3.63) is 41.9 Å². The standard InChI is InChI=1S/C18H21N5/c1-12-7-8-15(9-13(12)2)23-18-16(10-21-23)17(19-11-20-18)22-14-5-3-4-6-14/h7-11,14H,3-6H2,1-2H3,(H,19,20,22). The van der Waals surface area contributed by atoms with Crippen molar-refractivity contribution in [1.29, 1.82) is 0 Å². The van der Waals surface area contributed by atoms with Gasteiger partial charge in [-0.05, 0) is 49.9 Å². The molecule has 0 saturated heterocycles. The first kappa shape index (κ1) is 14.2. The quantitative estimate of drug-likeness (QED) is 0.800. The molecule has 1 fully saturated rings. The monoisotopic (exact) mass is 307 g/mol. The topological polar surface area (TPSA) is 55.6 Å². The molecule has 5 heteroatoms. The van der Waals surface area contributed by atoms with E-state index < -0.39 is 0 Å². The number of anilines is 1. The Morgan fingerprint density at radius 1 is 1.09 bits per heavy atom. The minimum atomic E-state index is 0.526. The van der Waals surface area contributed by atoms with Gasteiger partial charge in [-0.3, -0.25) is 0 Å². The van der Waals surface area contributed by atoms with E-state index in [1.54, 1.807) is 6.33 Å². The highest BCUT2D eigenvalue weighted by Gasteiger charge is 2.18. The Bertz CT molecular complexity index is 846. The van der Waals surface area contributed by atoms with Crippen LogP contribution in [-0.4, -0.2) is 25.8 Å². The molecule has 1 N–H and O–H groups in total. The fourth-order valence-electron chi connectivity index (χ4n) is 3.27. The maximum absolute atomic E-state index is 4.55. The normalized spacial score (nSPS) is 15.4. The van der Waals surface area contributed by atoms with Gasteiger partial charge in [0.05, 0.1) is 17.3 Å². The number of nitrogens with one attached hydrogen (secondary N) is 1. The first-order valence-corrected chi connectivity index (χ1v) is 8.25. The Kier molecular flexibility index (Phi) is 3.48. The van der Waals surface area contributed by atoms with Gasteiger partial charge in [-0.25, -0.2) is 14.6 Å². The van der Waals surface area contributed by atoms with E-state index in [2.05, 4.69) is 52.4 Å². The Morgan fingerprint density at radius 2 is 1.91 bits per heavy atom. The second kappa shape index (κ2) is 5.65. The molecule has 0 aliphatic heterocycles. The van der Waals surface area contributed by atoms with Crippen molar-refractivity contribution in [3.63, 3.8) is 0 Å². The van der Waals surface area contributed by atoms with Gasteiger partial charge in [0, 0.05) is 6.04 Å². The highest BCUT2D eigenvalue weighted by Crippen LogP contribution is 2.26. The number of nitrogens with zero attached hydrogens (tertiary/aromatic N) is 4. The molecule has 2 aromatic heterocycles. The molecule has 4 rings (SSSR count). The average molecular weight is 307 g/mol. The molecule has 1 aliphatic rings. The van der Waals surface area contributed by atoms with Gasteiger partial charge in [0.2, 0.25) is 0 Å². The van der Waals surface area contributed by atoms with Crippen LogP contribution in [0.5, 0.6) is 0 Å². The van der Waals surface area contributed by atoms with E-state index in [0.717, 1.165) is 22.5 Å². The molecule has 0 atom stereocenters. The largest absolute Gasteiger partial charge is 0.367 e. The Hall–Kier alpha value is -2.43. The summed E-state index contributed by atoms with van der Waals surface area (Å²) >= 11 is 0. The maximum atomic E-state index is 4.55. The van der Waals surface area contributed by atoms with E-state index in [1.165, 1.54) is 36.8 Å². The van der Waals surface area contributed by atoms with Crippen LogP contribution >= 0.6 is 0 Å². The van der Waals surface area contributed by atoms with Gasteiger partial charge in [-0.15, -0.1) is 0 Å². The lowest BCUT2D eigenvalue weighted by molar-refractivity contribution is 0.751. The van der Waals surface area contributed by atoms with Crippen molar-refractivity contribution < 1.29 is 0 Å². The molecule has 118 valence electrons. The summed E-state index contributed by atoms with van der Waals surface area (Å²) in [7, 11) is 0. The summed E-state index contributed by atoms with van der Waals surface area (Å²) in [6.45, 7) is 4.23. The number of hydrogen-bond acceptors (Lipinski definition) is 4. The van der Waals surface area contributed by atoms with Gasteiger partial charge < -0.3 is 5.32 Å². The molecule has 0 bridgehead atoms. The number of benzene rings is 1. The van der Waals surface area contributed by atoms with E-state index >= 15 is 0 Å². The van der Waals surface area contributed by atoms with Crippen molar-refractivity contribution in [1.82, 2.24) is 19.7 Å². The first-order chi connectivity index (χ1) is 11.2. The van der Waals surface area contributed by atoms with Gasteiger partial charge in [-0.2, -0.15) is 5.10 Å². The third-order valence-corrected chi connectivity index (χ3v) is 4.80. The number of fused-ring (bicyclic) bond motifs is 1. The second-order valence-electron chi connectivity index (χ2n) is 6.41. The molecule has 0 amide bonds. The first-order valence-electron chi connectivity index (χ1n) is 8.25. The van der Waals surface area contributed by atoms with Crippen molar-refractivity contribution >= 4 is 16.9 Å². The molecule has 0 spiro atoms. The van der Waals surface area contributed by atoms with Crippen LogP contribution in [0.4, 0.5) is 5.82 Å². The number of hydrogen-bond donors (Lipinski definition) is 1. The summed E-state index contributed by atoms with van der Waals surface area (Å²) in [5, 5.41) is 9.09. The van der Waals surface area contributed by atoms with Crippen molar-refractivity contribution in [3.8, 4) is 5.69 Å². The zero-order chi connectivity index (χ0) is 15.8. The Balaban J connectivity index is 1.75. The molecule has 2 heterocycles. The highest BCUT2D eigenvalue weighted by atomic mass is 15.3. The third-order valence-electron chi connectivity index (χ3n) is 4.80. The summed E-state index contributed by atoms with van der Waals surface area (Å²) in [6.07, 6.45) is 8.52. The third kappa shape index (κ3) is 2.56. The van der Waals surface area contributed by atoms with Gasteiger partial charge >= 0.3 is 0 Å². The van der Waals surface area contributed by atoms with Crippen LogP contribution in [0, 0.1) is 13.8 Å². The van der Waals surface area contributed by atoms with E-state index in [0.29, 0.717) is 6.04 Å². The summed E-state index contributed by atoms with van der Waals surface area (Å²) in [4.78, 5) is 8.89. The SMILES string of the molecule is Cc1ccc(-n2ncc3c(NC4CCCC4)ncnc32)cc1C. The molecule has 1 saturated carbocycles. The van der Waals surface area contributed by atoms with Crippen LogP contribution in [0.2, 0.25) is 0 Å².